The standard InChI is InChI=1S/C5H5.C4H7NO.Mn/c1-2-4-5-3-1;1-5(2)3-4-6;/h1-3H,4H2;3H,1-2H3;/q-1;;. The van der Waals surface area contributed by atoms with Crippen LogP contribution in [-0.4, -0.2) is 24.9 Å². The SMILES string of the molecule is CN(C)C=C=O.[C-]1=CC=CC1.[Mn]. The molecule has 0 spiro atoms. The second-order valence-corrected chi connectivity index (χ2v) is 2.21. The fourth-order valence-electron chi connectivity index (χ4n) is 0.446. The molecule has 0 heterocycles. The molecular formula is C9H12MnNO-. The molecule has 0 atom stereocenters. The zero-order valence-electron chi connectivity index (χ0n) is 7.25. The molecule has 1 rings (SSSR count). The molecule has 1 aliphatic carbocycles. The molecule has 0 aromatic heterocycles. The zero-order valence-corrected chi connectivity index (χ0v) is 8.43. The number of carbonyl (C=O) groups excluding carboxylic acids is 1. The van der Waals surface area contributed by atoms with Crippen LogP contribution in [-0.2, 0) is 21.9 Å². The van der Waals surface area contributed by atoms with Crippen LogP contribution in [0.25, 0.3) is 0 Å². The van der Waals surface area contributed by atoms with Crippen molar-refractivity contribution in [3.63, 3.8) is 0 Å². The van der Waals surface area contributed by atoms with Crippen molar-refractivity contribution in [1.29, 1.82) is 0 Å². The Kier molecular flexibility index (Phi) is 11.8. The van der Waals surface area contributed by atoms with E-state index >= 15 is 0 Å². The summed E-state index contributed by atoms with van der Waals surface area (Å²) in [4.78, 5) is 11.0. The van der Waals surface area contributed by atoms with Crippen molar-refractivity contribution in [2.24, 2.45) is 0 Å². The van der Waals surface area contributed by atoms with Crippen LogP contribution in [0.2, 0.25) is 0 Å². The van der Waals surface area contributed by atoms with Gasteiger partial charge in [0.25, 0.3) is 0 Å². The van der Waals surface area contributed by atoms with Gasteiger partial charge in [-0.05, 0) is 0 Å². The Bertz CT molecular complexity index is 181. The Labute approximate surface area is 84.1 Å². The molecule has 0 bridgehead atoms. The number of allylic oxidation sites excluding steroid dienone is 4. The molecule has 0 saturated heterocycles. The Morgan fingerprint density at radius 3 is 2.33 bits per heavy atom. The van der Waals surface area contributed by atoms with E-state index in [2.05, 4.69) is 12.2 Å². The first kappa shape index (κ1) is 13.8. The number of nitrogens with zero attached hydrogens (tertiary/aromatic N) is 1. The Hall–Kier alpha value is -0.751. The molecule has 0 amide bonds. The van der Waals surface area contributed by atoms with Crippen LogP contribution >= 0.6 is 0 Å². The summed E-state index contributed by atoms with van der Waals surface area (Å²) >= 11 is 0. The van der Waals surface area contributed by atoms with Crippen molar-refractivity contribution < 1.29 is 21.9 Å². The number of hydrogen-bond acceptors (Lipinski definition) is 2. The minimum Gasteiger partial charge on any atom is -0.375 e. The molecule has 0 aliphatic heterocycles. The fourth-order valence-corrected chi connectivity index (χ4v) is 0.446. The van der Waals surface area contributed by atoms with Gasteiger partial charge >= 0.3 is 0 Å². The zero-order chi connectivity index (χ0) is 8.53. The summed E-state index contributed by atoms with van der Waals surface area (Å²) in [7, 11) is 3.54. The van der Waals surface area contributed by atoms with Gasteiger partial charge in [0.05, 0.1) is 6.20 Å². The second kappa shape index (κ2) is 10.2. The molecule has 67 valence electrons. The van der Waals surface area contributed by atoms with E-state index in [1.807, 2.05) is 12.2 Å². The number of rotatable bonds is 1. The molecule has 12 heavy (non-hydrogen) atoms. The predicted octanol–water partition coefficient (Wildman–Crippen LogP) is 1.20. The van der Waals surface area contributed by atoms with E-state index in [1.54, 1.807) is 24.9 Å². The van der Waals surface area contributed by atoms with Crippen LogP contribution in [0.1, 0.15) is 6.42 Å². The van der Waals surface area contributed by atoms with Crippen LogP contribution in [0, 0.1) is 6.08 Å². The van der Waals surface area contributed by atoms with Crippen LogP contribution in [0.15, 0.2) is 24.4 Å². The van der Waals surface area contributed by atoms with Gasteiger partial charge in [0.1, 0.15) is 5.94 Å². The van der Waals surface area contributed by atoms with Crippen LogP contribution in [0.4, 0.5) is 0 Å². The Morgan fingerprint density at radius 2 is 2.25 bits per heavy atom. The fraction of sp³-hybridized carbons (Fsp3) is 0.333. The molecule has 3 heteroatoms. The molecular weight excluding hydrogens is 193 g/mol. The van der Waals surface area contributed by atoms with Gasteiger partial charge in [0.2, 0.25) is 0 Å². The van der Waals surface area contributed by atoms with Gasteiger partial charge in [-0.25, -0.2) is 16.9 Å². The third kappa shape index (κ3) is 12.0. The van der Waals surface area contributed by atoms with E-state index in [0.29, 0.717) is 0 Å². The molecule has 0 unspecified atom stereocenters. The predicted molar refractivity (Wildman–Crippen MR) is 45.5 cm³/mol. The van der Waals surface area contributed by atoms with E-state index in [9.17, 15) is 4.79 Å². The van der Waals surface area contributed by atoms with E-state index in [0.717, 1.165) is 6.42 Å². The largest absolute Gasteiger partial charge is 0.375 e. The third-order valence-corrected chi connectivity index (χ3v) is 0.897. The van der Waals surface area contributed by atoms with Gasteiger partial charge in [-0.2, -0.15) is 6.08 Å². The van der Waals surface area contributed by atoms with Crippen molar-refractivity contribution >= 4 is 5.94 Å². The van der Waals surface area contributed by atoms with Crippen molar-refractivity contribution in [1.82, 2.24) is 4.90 Å². The molecule has 0 aromatic rings. The van der Waals surface area contributed by atoms with E-state index in [4.69, 9.17) is 0 Å². The summed E-state index contributed by atoms with van der Waals surface area (Å²) in [5.74, 6) is 1.62. The van der Waals surface area contributed by atoms with Gasteiger partial charge in [0, 0.05) is 31.2 Å². The van der Waals surface area contributed by atoms with Crippen LogP contribution < -0.4 is 0 Å². The summed E-state index contributed by atoms with van der Waals surface area (Å²) in [5.41, 5.74) is 0. The smallest absolute Gasteiger partial charge is 0.142 e. The van der Waals surface area contributed by atoms with Gasteiger partial charge in [0.15, 0.2) is 0 Å². The van der Waals surface area contributed by atoms with Gasteiger partial charge in [-0.1, -0.05) is 0 Å². The summed E-state index contributed by atoms with van der Waals surface area (Å²) < 4.78 is 0. The summed E-state index contributed by atoms with van der Waals surface area (Å²) in [6.45, 7) is 0. The molecule has 0 saturated carbocycles. The second-order valence-electron chi connectivity index (χ2n) is 2.21. The molecule has 0 fully saturated rings. The molecule has 0 N–H and O–H groups in total. The maximum Gasteiger partial charge on any atom is 0.142 e. The van der Waals surface area contributed by atoms with Gasteiger partial charge in [-0.15, -0.1) is 6.42 Å². The first-order valence-corrected chi connectivity index (χ1v) is 3.36. The molecule has 2 nitrogen and oxygen atoms in total. The molecule has 0 aromatic carbocycles. The minimum atomic E-state index is 0. The Balaban J connectivity index is 0. The summed E-state index contributed by atoms with van der Waals surface area (Å²) in [6, 6.07) is 0. The van der Waals surface area contributed by atoms with Crippen LogP contribution in [0.5, 0.6) is 0 Å². The van der Waals surface area contributed by atoms with Crippen LogP contribution in [0.3, 0.4) is 0 Å². The topological polar surface area (TPSA) is 20.3 Å². The first-order valence-electron chi connectivity index (χ1n) is 3.36. The normalized spacial score (nSPS) is 10.5. The first-order chi connectivity index (χ1) is 5.27. The quantitative estimate of drug-likeness (QED) is 0.364. The summed E-state index contributed by atoms with van der Waals surface area (Å²) in [6.07, 6.45) is 11.3. The van der Waals surface area contributed by atoms with E-state index in [1.165, 1.54) is 6.20 Å². The van der Waals surface area contributed by atoms with E-state index in [-0.39, 0.29) is 17.1 Å². The summed E-state index contributed by atoms with van der Waals surface area (Å²) in [5, 5.41) is 0. The van der Waals surface area contributed by atoms with Gasteiger partial charge in [-0.3, -0.25) is 6.08 Å². The average molecular weight is 205 g/mol. The average Bonchev–Trinajstić information content (AvgIpc) is 2.41. The van der Waals surface area contributed by atoms with Gasteiger partial charge < -0.3 is 4.90 Å². The maximum atomic E-state index is 9.39. The third-order valence-electron chi connectivity index (χ3n) is 0.897. The molecule has 1 aliphatic rings. The Morgan fingerprint density at radius 1 is 1.58 bits per heavy atom. The minimum absolute atomic E-state index is 0. The van der Waals surface area contributed by atoms with Crippen molar-refractivity contribution in [3.8, 4) is 0 Å². The molecule has 1 radical (unpaired) electrons. The van der Waals surface area contributed by atoms with E-state index < -0.39 is 0 Å². The maximum absolute atomic E-state index is 9.39. The van der Waals surface area contributed by atoms with Crippen molar-refractivity contribution in [2.75, 3.05) is 14.1 Å². The monoisotopic (exact) mass is 205 g/mol. The van der Waals surface area contributed by atoms with Crippen molar-refractivity contribution in [2.45, 2.75) is 6.42 Å². The van der Waals surface area contributed by atoms with Crippen molar-refractivity contribution in [3.05, 3.63) is 30.5 Å². The number of hydrogen-bond donors (Lipinski definition) is 0.